The molecule has 25 heavy (non-hydrogen) atoms. The third kappa shape index (κ3) is 5.55. The summed E-state index contributed by atoms with van der Waals surface area (Å²) in [6.07, 6.45) is 1.67. The number of nitrogens with one attached hydrogen (secondary N) is 3. The Labute approximate surface area is 151 Å². The van der Waals surface area contributed by atoms with Crippen LogP contribution in [0.5, 0.6) is 0 Å². The zero-order valence-electron chi connectivity index (χ0n) is 13.9. The van der Waals surface area contributed by atoms with Gasteiger partial charge in [-0.25, -0.2) is 5.48 Å². The van der Waals surface area contributed by atoms with Crippen molar-refractivity contribution in [1.82, 2.24) is 10.9 Å². The molecule has 2 aromatic carbocycles. The van der Waals surface area contributed by atoms with Crippen LogP contribution < -0.4 is 21.1 Å². The summed E-state index contributed by atoms with van der Waals surface area (Å²) in [5.74, 6) is -0.572. The van der Waals surface area contributed by atoms with Gasteiger partial charge in [0.1, 0.15) is 0 Å². The predicted molar refractivity (Wildman–Crippen MR) is 103 cm³/mol. The number of hydrogen-bond acceptors (Lipinski definition) is 5. The topological polar surface area (TPSA) is 89.0 Å². The maximum atomic E-state index is 11.2. The van der Waals surface area contributed by atoms with E-state index in [0.717, 1.165) is 11.3 Å². The van der Waals surface area contributed by atoms with Gasteiger partial charge in [-0.15, -0.1) is 0 Å². The number of anilines is 2. The van der Waals surface area contributed by atoms with Crippen LogP contribution in [0.3, 0.4) is 0 Å². The first-order chi connectivity index (χ1) is 12.0. The molecule has 0 saturated carbocycles. The molecular formula is C17H19N5O2S. The molecule has 2 rings (SSSR count). The average molecular weight is 357 g/mol. The first-order valence-corrected chi connectivity index (χ1v) is 7.82. The van der Waals surface area contributed by atoms with Crippen molar-refractivity contribution in [2.75, 3.05) is 24.3 Å². The molecule has 0 bridgehead atoms. The molecule has 0 atom stereocenters. The van der Waals surface area contributed by atoms with E-state index in [4.69, 9.17) is 17.4 Å². The van der Waals surface area contributed by atoms with E-state index in [1.54, 1.807) is 36.0 Å². The van der Waals surface area contributed by atoms with Crippen molar-refractivity contribution in [3.8, 4) is 0 Å². The number of hydrogen-bond donors (Lipinski definition) is 4. The number of rotatable bonds is 5. The summed E-state index contributed by atoms with van der Waals surface area (Å²) in [7, 11) is 3.97. The molecular weight excluding hydrogens is 338 g/mol. The van der Waals surface area contributed by atoms with Gasteiger partial charge in [0.15, 0.2) is 5.11 Å². The molecule has 0 aliphatic carbocycles. The largest absolute Gasteiger partial charge is 0.378 e. The molecule has 0 aliphatic heterocycles. The molecule has 0 heterocycles. The molecule has 0 aliphatic rings. The number of hydrazone groups is 1. The highest BCUT2D eigenvalue weighted by molar-refractivity contribution is 7.80. The summed E-state index contributed by atoms with van der Waals surface area (Å²) in [4.78, 5) is 13.3. The number of thiocarbonyl (C=S) groups is 1. The maximum Gasteiger partial charge on any atom is 0.274 e. The first-order valence-electron chi connectivity index (χ1n) is 7.41. The Morgan fingerprint density at radius 2 is 1.76 bits per heavy atom. The molecule has 0 aromatic heterocycles. The van der Waals surface area contributed by atoms with Crippen LogP contribution in [-0.4, -0.2) is 36.5 Å². The molecule has 8 heteroatoms. The van der Waals surface area contributed by atoms with Gasteiger partial charge in [-0.3, -0.25) is 15.4 Å². The fraction of sp³-hybridized carbons (Fsp3) is 0.118. The number of carbonyl (C=O) groups is 1. The van der Waals surface area contributed by atoms with Gasteiger partial charge >= 0.3 is 0 Å². The van der Waals surface area contributed by atoms with Crippen molar-refractivity contribution >= 4 is 40.8 Å². The fourth-order valence-electron chi connectivity index (χ4n) is 1.95. The van der Waals surface area contributed by atoms with Crippen molar-refractivity contribution in [3.63, 3.8) is 0 Å². The molecule has 0 radical (unpaired) electrons. The van der Waals surface area contributed by atoms with Gasteiger partial charge in [-0.05, 0) is 54.2 Å². The second-order valence-electron chi connectivity index (χ2n) is 5.33. The molecule has 0 spiro atoms. The lowest BCUT2D eigenvalue weighted by Crippen LogP contribution is -2.24. The van der Waals surface area contributed by atoms with Crippen LogP contribution in [-0.2, 0) is 0 Å². The summed E-state index contributed by atoms with van der Waals surface area (Å²) in [5, 5.41) is 15.9. The minimum atomic E-state index is -0.572. The van der Waals surface area contributed by atoms with E-state index in [0.29, 0.717) is 16.4 Å². The Bertz CT molecular complexity index is 758. The van der Waals surface area contributed by atoms with E-state index in [1.165, 1.54) is 0 Å². The summed E-state index contributed by atoms with van der Waals surface area (Å²) >= 11 is 5.15. The van der Waals surface area contributed by atoms with Crippen molar-refractivity contribution in [2.24, 2.45) is 5.10 Å². The fourth-order valence-corrected chi connectivity index (χ4v) is 2.12. The Kier molecular flexibility index (Phi) is 6.44. The highest BCUT2D eigenvalue weighted by atomic mass is 32.1. The summed E-state index contributed by atoms with van der Waals surface area (Å²) < 4.78 is 0. The monoisotopic (exact) mass is 357 g/mol. The van der Waals surface area contributed by atoms with Gasteiger partial charge in [0.05, 0.1) is 6.21 Å². The lowest BCUT2D eigenvalue weighted by atomic mass is 10.2. The number of benzene rings is 2. The molecule has 0 fully saturated rings. The van der Waals surface area contributed by atoms with E-state index in [1.807, 2.05) is 43.3 Å². The van der Waals surface area contributed by atoms with Crippen LogP contribution in [0.1, 0.15) is 15.9 Å². The number of hydroxylamine groups is 1. The summed E-state index contributed by atoms with van der Waals surface area (Å²) in [6.45, 7) is 0. The molecule has 0 unspecified atom stereocenters. The van der Waals surface area contributed by atoms with E-state index < -0.39 is 5.91 Å². The number of nitrogens with zero attached hydrogens (tertiary/aromatic N) is 2. The van der Waals surface area contributed by atoms with Crippen molar-refractivity contribution < 1.29 is 10.0 Å². The minimum absolute atomic E-state index is 0.320. The van der Waals surface area contributed by atoms with Crippen LogP contribution in [0.25, 0.3) is 0 Å². The van der Waals surface area contributed by atoms with Gasteiger partial charge in [-0.1, -0.05) is 12.1 Å². The summed E-state index contributed by atoms with van der Waals surface area (Å²) in [6, 6.07) is 14.4. The smallest absolute Gasteiger partial charge is 0.274 e. The van der Waals surface area contributed by atoms with E-state index in [-0.39, 0.29) is 0 Å². The van der Waals surface area contributed by atoms with Gasteiger partial charge in [0.25, 0.3) is 5.91 Å². The SMILES string of the molecule is CN(C)c1ccc(/C=N/NC(=S)Nc2ccc(C(=O)NO)cc2)cc1. The van der Waals surface area contributed by atoms with Gasteiger partial charge in [0.2, 0.25) is 0 Å². The Morgan fingerprint density at radius 1 is 1.12 bits per heavy atom. The molecule has 0 saturated heterocycles. The second kappa shape index (κ2) is 8.76. The van der Waals surface area contributed by atoms with Crippen molar-refractivity contribution in [3.05, 3.63) is 59.7 Å². The van der Waals surface area contributed by atoms with Crippen LogP contribution >= 0.6 is 12.2 Å². The van der Waals surface area contributed by atoms with E-state index >= 15 is 0 Å². The zero-order chi connectivity index (χ0) is 18.2. The van der Waals surface area contributed by atoms with Gasteiger partial charge in [0, 0.05) is 31.0 Å². The van der Waals surface area contributed by atoms with Gasteiger partial charge in [-0.2, -0.15) is 5.10 Å². The third-order valence-corrected chi connectivity index (χ3v) is 3.49. The molecule has 1 amide bonds. The third-order valence-electron chi connectivity index (χ3n) is 3.30. The highest BCUT2D eigenvalue weighted by Gasteiger charge is 2.03. The molecule has 2 aromatic rings. The van der Waals surface area contributed by atoms with Gasteiger partial charge < -0.3 is 10.2 Å². The Hall–Kier alpha value is -2.97. The van der Waals surface area contributed by atoms with Crippen LogP contribution in [0.4, 0.5) is 11.4 Å². The second-order valence-corrected chi connectivity index (χ2v) is 5.74. The number of carbonyl (C=O) groups excluding carboxylic acids is 1. The number of amides is 1. The average Bonchev–Trinajstić information content (AvgIpc) is 2.62. The molecule has 7 nitrogen and oxygen atoms in total. The lowest BCUT2D eigenvalue weighted by Gasteiger charge is -2.11. The predicted octanol–water partition coefficient (Wildman–Crippen LogP) is 2.19. The Balaban J connectivity index is 1.86. The maximum absolute atomic E-state index is 11.2. The van der Waals surface area contributed by atoms with Crippen molar-refractivity contribution in [2.45, 2.75) is 0 Å². The molecule has 130 valence electrons. The lowest BCUT2D eigenvalue weighted by molar-refractivity contribution is 0.0706. The minimum Gasteiger partial charge on any atom is -0.378 e. The van der Waals surface area contributed by atoms with E-state index in [2.05, 4.69) is 15.8 Å². The van der Waals surface area contributed by atoms with Crippen LogP contribution in [0.2, 0.25) is 0 Å². The quantitative estimate of drug-likeness (QED) is 0.284. The summed E-state index contributed by atoms with van der Waals surface area (Å²) in [5.41, 5.74) is 7.39. The highest BCUT2D eigenvalue weighted by Crippen LogP contribution is 2.11. The van der Waals surface area contributed by atoms with Crippen molar-refractivity contribution in [1.29, 1.82) is 0 Å². The van der Waals surface area contributed by atoms with Crippen LogP contribution in [0.15, 0.2) is 53.6 Å². The standard InChI is InChI=1S/C17H19N5O2S/c1-22(2)15-9-3-12(4-10-15)11-18-20-17(25)19-14-7-5-13(6-8-14)16(23)21-24/h3-11,24H,1-2H3,(H,21,23)(H2,19,20,25)/b18-11+. The zero-order valence-corrected chi connectivity index (χ0v) is 14.7. The van der Waals surface area contributed by atoms with Crippen LogP contribution in [0, 0.1) is 0 Å². The molecule has 4 N–H and O–H groups in total. The first kappa shape index (κ1) is 18.4. The normalized spacial score (nSPS) is 10.4. The Morgan fingerprint density at radius 3 is 2.32 bits per heavy atom. The van der Waals surface area contributed by atoms with E-state index in [9.17, 15) is 4.79 Å².